The third-order valence-electron chi connectivity index (χ3n) is 6.07. The first-order valence-corrected chi connectivity index (χ1v) is 13.1. The van der Waals surface area contributed by atoms with Crippen molar-refractivity contribution < 1.29 is 19.1 Å². The number of anilines is 4. The van der Waals surface area contributed by atoms with E-state index in [1.807, 2.05) is 32.1 Å². The molecule has 3 aromatic rings. The van der Waals surface area contributed by atoms with Crippen molar-refractivity contribution in [1.82, 2.24) is 14.9 Å². The van der Waals surface area contributed by atoms with Gasteiger partial charge >= 0.3 is 0 Å². The molecule has 0 radical (unpaired) electrons. The van der Waals surface area contributed by atoms with Crippen LogP contribution in [0, 0.1) is 0 Å². The Morgan fingerprint density at radius 1 is 1.05 bits per heavy atom. The van der Waals surface area contributed by atoms with E-state index in [1.165, 1.54) is 12.3 Å². The Hall–Kier alpha value is -4.44. The van der Waals surface area contributed by atoms with Gasteiger partial charge in [0.05, 0.1) is 30.8 Å². The molecule has 2 N–H and O–H groups in total. The zero-order valence-electron chi connectivity index (χ0n) is 23.9. The maximum atomic E-state index is 13.1. The topological polar surface area (TPSA) is 109 Å². The summed E-state index contributed by atoms with van der Waals surface area (Å²) in [6.07, 6.45) is 4.75. The van der Waals surface area contributed by atoms with Crippen LogP contribution in [0.1, 0.15) is 35.8 Å². The Morgan fingerprint density at radius 3 is 2.45 bits per heavy atom. The average Bonchev–Trinajstić information content (AvgIpc) is 2.96. The summed E-state index contributed by atoms with van der Waals surface area (Å²) in [4.78, 5) is 38.2. The number of hydrogen-bond acceptors (Lipinski definition) is 9. The summed E-state index contributed by atoms with van der Waals surface area (Å²) in [6.45, 7) is 7.84. The monoisotopic (exact) mass is 546 g/mol. The van der Waals surface area contributed by atoms with Crippen molar-refractivity contribution in [3.8, 4) is 11.5 Å². The van der Waals surface area contributed by atoms with Gasteiger partial charge in [0.2, 0.25) is 17.6 Å². The molecule has 0 atom stereocenters. The van der Waals surface area contributed by atoms with E-state index in [9.17, 15) is 9.59 Å². The van der Waals surface area contributed by atoms with Gasteiger partial charge in [-0.25, -0.2) is 9.97 Å². The minimum Gasteiger partial charge on any atom is -0.494 e. The normalized spacial score (nSPS) is 10.7. The van der Waals surface area contributed by atoms with Crippen LogP contribution in [0.5, 0.6) is 11.5 Å². The molecule has 10 nitrogen and oxygen atoms in total. The van der Waals surface area contributed by atoms with Crippen LogP contribution in [-0.4, -0.2) is 74.5 Å². The van der Waals surface area contributed by atoms with Gasteiger partial charge < -0.3 is 29.9 Å². The van der Waals surface area contributed by atoms with E-state index < -0.39 is 0 Å². The number of ether oxygens (including phenoxy) is 2. The number of carbonyl (C=O) groups excluding carboxylic acids is 2. The predicted molar refractivity (Wildman–Crippen MR) is 159 cm³/mol. The Labute approximate surface area is 236 Å². The molecule has 2 aromatic carbocycles. The maximum absolute atomic E-state index is 13.1. The first-order valence-electron chi connectivity index (χ1n) is 13.1. The predicted octanol–water partition coefficient (Wildman–Crippen LogP) is 4.76. The third-order valence-corrected chi connectivity index (χ3v) is 6.07. The molecule has 3 rings (SSSR count). The highest BCUT2D eigenvalue weighted by Gasteiger charge is 2.18. The molecule has 0 saturated carbocycles. The van der Waals surface area contributed by atoms with Gasteiger partial charge in [0, 0.05) is 38.0 Å². The van der Waals surface area contributed by atoms with Gasteiger partial charge in [0.1, 0.15) is 17.2 Å². The lowest BCUT2D eigenvalue weighted by molar-refractivity contribution is -0.111. The van der Waals surface area contributed by atoms with E-state index in [-0.39, 0.29) is 23.3 Å². The van der Waals surface area contributed by atoms with Gasteiger partial charge in [-0.2, -0.15) is 0 Å². The molecule has 0 aliphatic heterocycles. The minimum absolute atomic E-state index is 0.207. The van der Waals surface area contributed by atoms with Crippen LogP contribution < -0.4 is 25.0 Å². The summed E-state index contributed by atoms with van der Waals surface area (Å²) < 4.78 is 11.3. The number of benzene rings is 2. The summed E-state index contributed by atoms with van der Waals surface area (Å²) in [5, 5.41) is 6.00. The lowest BCUT2D eigenvalue weighted by Gasteiger charge is -2.26. The molecular weight excluding hydrogens is 508 g/mol. The lowest BCUT2D eigenvalue weighted by atomic mass is 10.1. The highest BCUT2D eigenvalue weighted by molar-refractivity contribution is 6.08. The van der Waals surface area contributed by atoms with E-state index in [2.05, 4.69) is 39.0 Å². The molecule has 0 bridgehead atoms. The van der Waals surface area contributed by atoms with Crippen molar-refractivity contribution in [1.29, 1.82) is 0 Å². The van der Waals surface area contributed by atoms with Crippen molar-refractivity contribution >= 4 is 34.7 Å². The number of ketones is 1. The summed E-state index contributed by atoms with van der Waals surface area (Å²) in [6, 6.07) is 12.2. The quantitative estimate of drug-likeness (QED) is 0.158. The van der Waals surface area contributed by atoms with Gasteiger partial charge in [-0.05, 0) is 63.0 Å². The molecular formula is C30H38N6O4. The molecule has 40 heavy (non-hydrogen) atoms. The molecule has 1 aromatic heterocycles. The second kappa shape index (κ2) is 14.6. The number of carbonyl (C=O) groups is 2. The summed E-state index contributed by atoms with van der Waals surface area (Å²) >= 11 is 0. The van der Waals surface area contributed by atoms with Crippen molar-refractivity contribution in [3.63, 3.8) is 0 Å². The van der Waals surface area contributed by atoms with E-state index in [4.69, 9.17) is 9.47 Å². The SMILES string of the molecule is C=CC(=O)Nc1cc(Nc2nccc(C(=O)c3ccc(OCCCC)cc3)n2)c(OC)cc1N(C)CCN(C)C. The molecule has 0 fully saturated rings. The molecule has 1 heterocycles. The summed E-state index contributed by atoms with van der Waals surface area (Å²) in [7, 11) is 7.50. The Morgan fingerprint density at radius 2 is 1.80 bits per heavy atom. The van der Waals surface area contributed by atoms with Crippen LogP contribution in [-0.2, 0) is 4.79 Å². The van der Waals surface area contributed by atoms with E-state index in [0.717, 1.165) is 37.4 Å². The van der Waals surface area contributed by atoms with Crippen molar-refractivity contribution in [3.05, 3.63) is 72.6 Å². The molecule has 0 unspecified atom stereocenters. The number of nitrogens with one attached hydrogen (secondary N) is 2. The molecule has 1 amide bonds. The van der Waals surface area contributed by atoms with Gasteiger partial charge in [0.25, 0.3) is 0 Å². The van der Waals surface area contributed by atoms with Crippen LogP contribution in [0.15, 0.2) is 61.3 Å². The number of likely N-dealkylation sites (N-methyl/N-ethyl adjacent to an activating group) is 2. The molecule has 10 heteroatoms. The van der Waals surface area contributed by atoms with Crippen molar-refractivity contribution in [2.45, 2.75) is 19.8 Å². The fraction of sp³-hybridized carbons (Fsp3) is 0.333. The number of methoxy groups -OCH3 is 1. The van der Waals surface area contributed by atoms with E-state index in [1.54, 1.807) is 43.5 Å². The zero-order chi connectivity index (χ0) is 29.1. The van der Waals surface area contributed by atoms with Crippen LogP contribution >= 0.6 is 0 Å². The van der Waals surface area contributed by atoms with Crippen molar-refractivity contribution in [2.24, 2.45) is 0 Å². The summed E-state index contributed by atoms with van der Waals surface area (Å²) in [5.41, 5.74) is 2.57. The molecule has 0 saturated heterocycles. The third kappa shape index (κ3) is 8.28. The lowest BCUT2D eigenvalue weighted by Crippen LogP contribution is -2.29. The number of nitrogens with zero attached hydrogens (tertiary/aromatic N) is 4. The molecule has 0 aliphatic rings. The van der Waals surface area contributed by atoms with Crippen LogP contribution in [0.2, 0.25) is 0 Å². The molecule has 212 valence electrons. The number of unbranched alkanes of at least 4 members (excludes halogenated alkanes) is 1. The zero-order valence-corrected chi connectivity index (χ0v) is 23.9. The fourth-order valence-electron chi connectivity index (χ4n) is 3.76. The van der Waals surface area contributed by atoms with Gasteiger partial charge in [-0.15, -0.1) is 0 Å². The number of hydrogen-bond donors (Lipinski definition) is 2. The number of amides is 1. The van der Waals surface area contributed by atoms with Crippen LogP contribution in [0.3, 0.4) is 0 Å². The van der Waals surface area contributed by atoms with Gasteiger partial charge in [-0.3, -0.25) is 9.59 Å². The smallest absolute Gasteiger partial charge is 0.247 e. The highest BCUT2D eigenvalue weighted by atomic mass is 16.5. The Kier molecular flexibility index (Phi) is 11.0. The Balaban J connectivity index is 1.86. The second-order valence-corrected chi connectivity index (χ2v) is 9.43. The summed E-state index contributed by atoms with van der Waals surface area (Å²) in [5.74, 6) is 0.858. The molecule has 0 aliphatic carbocycles. The van der Waals surface area contributed by atoms with E-state index in [0.29, 0.717) is 29.3 Å². The van der Waals surface area contributed by atoms with Crippen LogP contribution in [0.4, 0.5) is 23.0 Å². The van der Waals surface area contributed by atoms with Gasteiger partial charge in [-0.1, -0.05) is 19.9 Å². The second-order valence-electron chi connectivity index (χ2n) is 9.43. The minimum atomic E-state index is -0.344. The largest absolute Gasteiger partial charge is 0.494 e. The average molecular weight is 547 g/mol. The standard InChI is InChI=1S/C30H38N6O4/c1-7-9-18-40-22-12-10-21(11-13-22)29(38)23-14-15-31-30(33-23)34-25-19-24(32-28(37)8-2)26(20-27(25)39-6)36(5)17-16-35(3)4/h8,10-15,19-20H,2,7,9,16-18H2,1,3-6H3,(H,32,37)(H,31,33,34). The van der Waals surface area contributed by atoms with Crippen LogP contribution in [0.25, 0.3) is 0 Å². The van der Waals surface area contributed by atoms with E-state index >= 15 is 0 Å². The van der Waals surface area contributed by atoms with Crippen molar-refractivity contribution in [2.75, 3.05) is 63.5 Å². The first kappa shape index (κ1) is 30.1. The maximum Gasteiger partial charge on any atom is 0.247 e. The number of rotatable bonds is 15. The molecule has 0 spiro atoms. The first-order chi connectivity index (χ1) is 19.2. The highest BCUT2D eigenvalue weighted by Crippen LogP contribution is 2.38. The van der Waals surface area contributed by atoms with Gasteiger partial charge in [0.15, 0.2) is 0 Å². The Bertz CT molecular complexity index is 1310. The fourth-order valence-corrected chi connectivity index (χ4v) is 3.76. The number of aromatic nitrogens is 2.